The molecule has 1 fully saturated rings. The van der Waals surface area contributed by atoms with Crippen LogP contribution in [0.25, 0.3) is 10.9 Å². The minimum Gasteiger partial charge on any atom is -0.362 e. The van der Waals surface area contributed by atoms with Gasteiger partial charge in [-0.3, -0.25) is 9.59 Å². The van der Waals surface area contributed by atoms with Crippen molar-refractivity contribution in [3.8, 4) is 0 Å². The zero-order valence-corrected chi connectivity index (χ0v) is 19.8. The van der Waals surface area contributed by atoms with E-state index in [4.69, 9.17) is 9.97 Å². The topological polar surface area (TPSA) is 87.2 Å². The lowest BCUT2D eigenvalue weighted by molar-refractivity contribution is -0.122. The largest absolute Gasteiger partial charge is 0.362 e. The highest BCUT2D eigenvalue weighted by Crippen LogP contribution is 2.33. The van der Waals surface area contributed by atoms with E-state index in [2.05, 4.69) is 10.6 Å². The van der Waals surface area contributed by atoms with Crippen LogP contribution in [0.15, 0.2) is 48.5 Å². The van der Waals surface area contributed by atoms with Crippen LogP contribution in [0, 0.1) is 5.92 Å². The van der Waals surface area contributed by atoms with E-state index in [0.29, 0.717) is 30.0 Å². The molecule has 0 aliphatic heterocycles. The van der Waals surface area contributed by atoms with E-state index in [1.54, 1.807) is 0 Å². The summed E-state index contributed by atoms with van der Waals surface area (Å²) in [5.74, 6) is 1.72. The third-order valence-corrected chi connectivity index (χ3v) is 7.09. The minimum absolute atomic E-state index is 0.0284. The third kappa shape index (κ3) is 4.47. The van der Waals surface area contributed by atoms with Crippen LogP contribution in [0.1, 0.15) is 53.9 Å². The van der Waals surface area contributed by atoms with Crippen LogP contribution < -0.4 is 15.5 Å². The van der Waals surface area contributed by atoms with E-state index in [1.807, 2.05) is 67.5 Å². The predicted molar refractivity (Wildman–Crippen MR) is 134 cm³/mol. The fourth-order valence-corrected chi connectivity index (χ4v) is 5.22. The van der Waals surface area contributed by atoms with Crippen molar-refractivity contribution < 1.29 is 9.59 Å². The first kappa shape index (κ1) is 22.3. The van der Waals surface area contributed by atoms with Gasteiger partial charge in [-0.15, -0.1) is 0 Å². The van der Waals surface area contributed by atoms with Gasteiger partial charge in [0.1, 0.15) is 5.82 Å². The summed E-state index contributed by atoms with van der Waals surface area (Å²) in [5, 5.41) is 7.70. The Kier molecular flexibility index (Phi) is 6.18. The first-order chi connectivity index (χ1) is 16.5. The summed E-state index contributed by atoms with van der Waals surface area (Å²) in [6.45, 7) is 0.662. The molecule has 1 saturated carbocycles. The average molecular weight is 458 g/mol. The number of nitrogens with zero attached hydrogens (tertiary/aromatic N) is 3. The number of amides is 1. The number of benzene rings is 2. The van der Waals surface area contributed by atoms with Crippen molar-refractivity contribution in [2.75, 3.05) is 30.9 Å². The fraction of sp³-hybridized carbons (Fsp3) is 0.407. The van der Waals surface area contributed by atoms with Gasteiger partial charge in [-0.25, -0.2) is 4.98 Å². The van der Waals surface area contributed by atoms with E-state index in [-0.39, 0.29) is 24.0 Å². The predicted octanol–water partition coefficient (Wildman–Crippen LogP) is 4.15. The fourth-order valence-electron chi connectivity index (χ4n) is 5.22. The van der Waals surface area contributed by atoms with E-state index in [0.717, 1.165) is 48.0 Å². The first-order valence-electron chi connectivity index (χ1n) is 12.1. The number of carbonyl (C=O) groups is 2. The van der Waals surface area contributed by atoms with Gasteiger partial charge in [0, 0.05) is 44.1 Å². The Balaban J connectivity index is 1.15. The standard InChI is InChI=1S/C27H31N5O2/c1-32(2)25-21-9-5-6-10-23(21)30-27(31-25)29-18-13-11-17(12-14-18)16-28-26(34)22-15-24(33)20-8-4-3-7-19(20)22/h3-10,17-18,22H,11-16H2,1-2H3,(H,28,34)(H,29,30,31). The molecule has 2 N–H and O–H groups in total. The smallest absolute Gasteiger partial charge is 0.228 e. The van der Waals surface area contributed by atoms with E-state index in [9.17, 15) is 9.59 Å². The Morgan fingerprint density at radius 2 is 1.74 bits per heavy atom. The quantitative estimate of drug-likeness (QED) is 0.578. The molecule has 0 bridgehead atoms. The van der Waals surface area contributed by atoms with Crippen LogP contribution in [-0.2, 0) is 4.79 Å². The summed E-state index contributed by atoms with van der Waals surface area (Å²) in [5.41, 5.74) is 2.50. The molecule has 1 unspecified atom stereocenters. The second-order valence-corrected chi connectivity index (χ2v) is 9.66. The number of nitrogens with one attached hydrogen (secondary N) is 2. The van der Waals surface area contributed by atoms with Gasteiger partial charge < -0.3 is 15.5 Å². The molecule has 1 aromatic heterocycles. The Morgan fingerprint density at radius 1 is 1.00 bits per heavy atom. The van der Waals surface area contributed by atoms with Crippen LogP contribution >= 0.6 is 0 Å². The molecule has 1 heterocycles. The highest BCUT2D eigenvalue weighted by atomic mass is 16.2. The van der Waals surface area contributed by atoms with Crippen molar-refractivity contribution >= 4 is 34.4 Å². The van der Waals surface area contributed by atoms with Gasteiger partial charge in [-0.2, -0.15) is 4.98 Å². The molecule has 0 radical (unpaired) electrons. The van der Waals surface area contributed by atoms with E-state index in [1.165, 1.54) is 0 Å². The molecule has 7 nitrogen and oxygen atoms in total. The second-order valence-electron chi connectivity index (χ2n) is 9.66. The Hall–Kier alpha value is -3.48. The van der Waals surface area contributed by atoms with Crippen molar-refractivity contribution in [1.29, 1.82) is 0 Å². The second kappa shape index (κ2) is 9.41. The molecule has 2 aliphatic carbocycles. The summed E-state index contributed by atoms with van der Waals surface area (Å²) < 4.78 is 0. The van der Waals surface area contributed by atoms with Crippen LogP contribution in [-0.4, -0.2) is 48.3 Å². The Labute approximate surface area is 200 Å². The molecule has 1 atom stereocenters. The molecular weight excluding hydrogens is 426 g/mol. The molecule has 176 valence electrons. The van der Waals surface area contributed by atoms with Crippen LogP contribution in [0.3, 0.4) is 0 Å². The third-order valence-electron chi connectivity index (χ3n) is 7.09. The number of carbonyl (C=O) groups excluding carboxylic acids is 2. The number of fused-ring (bicyclic) bond motifs is 2. The summed E-state index contributed by atoms with van der Waals surface area (Å²) in [6, 6.07) is 15.9. The number of anilines is 2. The van der Waals surface area contributed by atoms with Crippen molar-refractivity contribution in [2.24, 2.45) is 5.92 Å². The molecule has 1 amide bonds. The summed E-state index contributed by atoms with van der Waals surface area (Å²) in [6.07, 6.45) is 4.37. The molecule has 3 aromatic rings. The summed E-state index contributed by atoms with van der Waals surface area (Å²) >= 11 is 0. The average Bonchev–Trinajstić information content (AvgIpc) is 3.19. The van der Waals surface area contributed by atoms with Crippen molar-refractivity contribution in [1.82, 2.24) is 15.3 Å². The van der Waals surface area contributed by atoms with Gasteiger partial charge in [0.25, 0.3) is 0 Å². The molecule has 0 saturated heterocycles. The van der Waals surface area contributed by atoms with Gasteiger partial charge in [0.2, 0.25) is 11.9 Å². The molecular formula is C27H31N5O2. The number of hydrogen-bond acceptors (Lipinski definition) is 6. The van der Waals surface area contributed by atoms with Crippen LogP contribution in [0.2, 0.25) is 0 Å². The molecule has 7 heteroatoms. The number of hydrogen-bond donors (Lipinski definition) is 2. The lowest BCUT2D eigenvalue weighted by atomic mass is 9.86. The lowest BCUT2D eigenvalue weighted by Crippen LogP contribution is -2.36. The Morgan fingerprint density at radius 3 is 2.53 bits per heavy atom. The molecule has 0 spiro atoms. The highest BCUT2D eigenvalue weighted by molar-refractivity contribution is 6.06. The number of aromatic nitrogens is 2. The van der Waals surface area contributed by atoms with Gasteiger partial charge in [-0.05, 0) is 49.3 Å². The van der Waals surface area contributed by atoms with Crippen LogP contribution in [0.4, 0.5) is 11.8 Å². The summed E-state index contributed by atoms with van der Waals surface area (Å²) in [7, 11) is 4.00. The molecule has 34 heavy (non-hydrogen) atoms. The number of rotatable bonds is 6. The SMILES string of the molecule is CN(C)c1nc(NC2CCC(CNC(=O)C3CC(=O)c4ccccc43)CC2)nc2ccccc12. The van der Waals surface area contributed by atoms with E-state index >= 15 is 0 Å². The summed E-state index contributed by atoms with van der Waals surface area (Å²) in [4.78, 5) is 36.5. The van der Waals surface area contributed by atoms with Crippen molar-refractivity contribution in [3.05, 3.63) is 59.7 Å². The maximum absolute atomic E-state index is 12.8. The van der Waals surface area contributed by atoms with Gasteiger partial charge >= 0.3 is 0 Å². The number of para-hydroxylation sites is 1. The number of ketones is 1. The molecule has 5 rings (SSSR count). The molecule has 2 aliphatic rings. The van der Waals surface area contributed by atoms with E-state index < -0.39 is 0 Å². The maximum atomic E-state index is 12.8. The highest BCUT2D eigenvalue weighted by Gasteiger charge is 2.34. The lowest BCUT2D eigenvalue weighted by Gasteiger charge is -2.29. The van der Waals surface area contributed by atoms with Gasteiger partial charge in [0.05, 0.1) is 11.4 Å². The maximum Gasteiger partial charge on any atom is 0.228 e. The van der Waals surface area contributed by atoms with Crippen LogP contribution in [0.5, 0.6) is 0 Å². The zero-order chi connectivity index (χ0) is 23.7. The van der Waals surface area contributed by atoms with Crippen molar-refractivity contribution in [2.45, 2.75) is 44.1 Å². The van der Waals surface area contributed by atoms with Gasteiger partial charge in [-0.1, -0.05) is 36.4 Å². The monoisotopic (exact) mass is 457 g/mol. The molecule has 2 aromatic carbocycles. The van der Waals surface area contributed by atoms with Gasteiger partial charge in [0.15, 0.2) is 5.78 Å². The normalized spacial score (nSPS) is 21.8. The Bertz CT molecular complexity index is 1220. The first-order valence-corrected chi connectivity index (χ1v) is 12.1. The minimum atomic E-state index is -0.349. The number of Topliss-reactive ketones (excluding diaryl/α,β-unsaturated/α-hetero) is 1. The van der Waals surface area contributed by atoms with Crippen molar-refractivity contribution in [3.63, 3.8) is 0 Å². The zero-order valence-electron chi connectivity index (χ0n) is 19.8.